The highest BCUT2D eigenvalue weighted by molar-refractivity contribution is 7.92. The fourth-order valence-electron chi connectivity index (χ4n) is 5.58. The summed E-state index contributed by atoms with van der Waals surface area (Å²) >= 11 is 13.1. The van der Waals surface area contributed by atoms with Crippen LogP contribution < -0.4 is 19.1 Å². The van der Waals surface area contributed by atoms with Crippen molar-refractivity contribution in [3.63, 3.8) is 0 Å². The highest BCUT2D eigenvalue weighted by atomic mass is 35.5. The van der Waals surface area contributed by atoms with E-state index in [0.29, 0.717) is 40.3 Å². The first-order valence-electron chi connectivity index (χ1n) is 14.5. The van der Waals surface area contributed by atoms with E-state index in [-0.39, 0.29) is 30.6 Å². The van der Waals surface area contributed by atoms with Crippen LogP contribution in [0.3, 0.4) is 0 Å². The minimum atomic E-state index is -3.95. The molecular weight excluding hydrogens is 625 g/mol. The minimum Gasteiger partial charge on any atom is -0.486 e. The van der Waals surface area contributed by atoms with Gasteiger partial charge in [0.05, 0.1) is 11.9 Å². The Kier molecular flexibility index (Phi) is 10.2. The minimum absolute atomic E-state index is 0.00635. The number of nitrogens with one attached hydrogen (secondary N) is 1. The van der Waals surface area contributed by atoms with Gasteiger partial charge in [0.25, 0.3) is 0 Å². The second-order valence-electron chi connectivity index (χ2n) is 11.0. The standard InChI is InChI=1S/C32H35Cl2N3O6S/c1-44(40,41)37(24-14-15-29-30(19-24)43-17-16-42-29)21-31(38)36(20-25-26(33)12-7-13-27(25)34)28(18-22-8-3-2-4-9-22)32(39)35-23-10-5-6-11-23/h2-4,7-9,12-15,19,23,28H,5-6,10-11,16-18,20-21H2,1H3,(H,35,39)/t28-/m0/s1. The van der Waals surface area contributed by atoms with E-state index in [1.807, 2.05) is 30.3 Å². The topological polar surface area (TPSA) is 105 Å². The Hall–Kier alpha value is -3.47. The number of nitrogens with zero attached hydrogens (tertiary/aromatic N) is 2. The van der Waals surface area contributed by atoms with Gasteiger partial charge < -0.3 is 19.7 Å². The Balaban J connectivity index is 1.53. The molecule has 3 aromatic carbocycles. The molecule has 1 heterocycles. The van der Waals surface area contributed by atoms with Gasteiger partial charge in [-0.05, 0) is 42.7 Å². The van der Waals surface area contributed by atoms with Gasteiger partial charge in [-0.15, -0.1) is 0 Å². The number of ether oxygens (including phenoxy) is 2. The van der Waals surface area contributed by atoms with Gasteiger partial charge in [-0.2, -0.15) is 0 Å². The number of halogens is 2. The van der Waals surface area contributed by atoms with Crippen LogP contribution in [-0.2, 0) is 32.6 Å². The number of carbonyl (C=O) groups is 2. The molecule has 0 bridgehead atoms. The van der Waals surface area contributed by atoms with Crippen LogP contribution in [0.25, 0.3) is 0 Å². The van der Waals surface area contributed by atoms with Gasteiger partial charge >= 0.3 is 0 Å². The second kappa shape index (κ2) is 14.1. The third-order valence-electron chi connectivity index (χ3n) is 7.86. The Morgan fingerprint density at radius 2 is 1.59 bits per heavy atom. The van der Waals surface area contributed by atoms with Crippen LogP contribution in [0.5, 0.6) is 11.5 Å². The number of anilines is 1. The van der Waals surface area contributed by atoms with Gasteiger partial charge in [-0.25, -0.2) is 8.42 Å². The molecule has 5 rings (SSSR count). The van der Waals surface area contributed by atoms with E-state index in [0.717, 1.165) is 41.8 Å². The van der Waals surface area contributed by atoms with E-state index in [1.165, 1.54) is 11.0 Å². The van der Waals surface area contributed by atoms with Crippen molar-refractivity contribution in [2.24, 2.45) is 0 Å². The number of benzene rings is 3. The van der Waals surface area contributed by atoms with Crippen molar-refractivity contribution in [3.8, 4) is 11.5 Å². The van der Waals surface area contributed by atoms with Crippen molar-refractivity contribution in [1.29, 1.82) is 0 Å². The summed E-state index contributed by atoms with van der Waals surface area (Å²) < 4.78 is 38.5. The van der Waals surface area contributed by atoms with Crippen molar-refractivity contribution in [1.82, 2.24) is 10.2 Å². The van der Waals surface area contributed by atoms with Crippen LogP contribution >= 0.6 is 23.2 Å². The molecule has 9 nitrogen and oxygen atoms in total. The Morgan fingerprint density at radius 1 is 0.932 bits per heavy atom. The number of hydrogen-bond acceptors (Lipinski definition) is 6. The summed E-state index contributed by atoms with van der Waals surface area (Å²) in [6.45, 7) is 0.0258. The molecule has 2 amide bonds. The highest BCUT2D eigenvalue weighted by Crippen LogP contribution is 2.35. The van der Waals surface area contributed by atoms with Crippen molar-refractivity contribution in [3.05, 3.63) is 87.9 Å². The zero-order valence-electron chi connectivity index (χ0n) is 24.4. The summed E-state index contributed by atoms with van der Waals surface area (Å²) in [6.07, 6.45) is 4.99. The molecule has 1 fully saturated rings. The number of rotatable bonds is 11. The molecule has 1 aliphatic heterocycles. The molecule has 44 heavy (non-hydrogen) atoms. The van der Waals surface area contributed by atoms with Gasteiger partial charge in [0, 0.05) is 40.7 Å². The summed E-state index contributed by atoms with van der Waals surface area (Å²) in [5.74, 6) is -0.0416. The lowest BCUT2D eigenvalue weighted by Crippen LogP contribution is -2.54. The van der Waals surface area contributed by atoms with Crippen molar-refractivity contribution in [2.75, 3.05) is 30.3 Å². The van der Waals surface area contributed by atoms with E-state index in [4.69, 9.17) is 32.7 Å². The van der Waals surface area contributed by atoms with Crippen LogP contribution in [0, 0.1) is 0 Å². The van der Waals surface area contributed by atoms with E-state index < -0.39 is 28.5 Å². The van der Waals surface area contributed by atoms with Gasteiger partial charge in [-0.1, -0.05) is 72.4 Å². The van der Waals surface area contributed by atoms with E-state index in [1.54, 1.807) is 30.3 Å². The lowest BCUT2D eigenvalue weighted by molar-refractivity contribution is -0.140. The van der Waals surface area contributed by atoms with Gasteiger partial charge in [0.1, 0.15) is 25.8 Å². The van der Waals surface area contributed by atoms with Crippen LogP contribution in [0.4, 0.5) is 5.69 Å². The van der Waals surface area contributed by atoms with E-state index >= 15 is 0 Å². The Morgan fingerprint density at radius 3 is 2.25 bits per heavy atom. The largest absolute Gasteiger partial charge is 0.486 e. The Bertz CT molecular complexity index is 1580. The highest BCUT2D eigenvalue weighted by Gasteiger charge is 2.35. The third-order valence-corrected chi connectivity index (χ3v) is 9.70. The van der Waals surface area contributed by atoms with Crippen molar-refractivity contribution < 1.29 is 27.5 Å². The van der Waals surface area contributed by atoms with Crippen LogP contribution in [0.1, 0.15) is 36.8 Å². The molecule has 1 N–H and O–H groups in total. The molecular formula is C32H35Cl2N3O6S. The first-order chi connectivity index (χ1) is 21.1. The second-order valence-corrected chi connectivity index (χ2v) is 13.7. The number of sulfonamides is 1. The molecule has 12 heteroatoms. The first-order valence-corrected chi connectivity index (χ1v) is 17.1. The first kappa shape index (κ1) is 31.9. The summed E-state index contributed by atoms with van der Waals surface area (Å²) in [4.78, 5) is 29.7. The fraction of sp³-hybridized carbons (Fsp3) is 0.375. The third kappa shape index (κ3) is 7.78. The zero-order valence-corrected chi connectivity index (χ0v) is 26.7. The molecule has 3 aromatic rings. The maximum atomic E-state index is 14.4. The van der Waals surface area contributed by atoms with Gasteiger partial charge in [-0.3, -0.25) is 13.9 Å². The quantitative estimate of drug-likeness (QED) is 0.302. The maximum Gasteiger partial charge on any atom is 0.244 e. The lowest BCUT2D eigenvalue weighted by Gasteiger charge is -2.34. The molecule has 0 radical (unpaired) electrons. The summed E-state index contributed by atoms with van der Waals surface area (Å²) in [6, 6.07) is 18.1. The molecule has 1 atom stereocenters. The monoisotopic (exact) mass is 659 g/mol. The van der Waals surface area contributed by atoms with Crippen LogP contribution in [0.15, 0.2) is 66.7 Å². The van der Waals surface area contributed by atoms with E-state index in [2.05, 4.69) is 5.32 Å². The SMILES string of the molecule is CS(=O)(=O)N(CC(=O)N(Cc1c(Cl)cccc1Cl)[C@@H](Cc1ccccc1)C(=O)NC1CCCC1)c1ccc2c(c1)OCCO2. The summed E-state index contributed by atoms with van der Waals surface area (Å²) in [7, 11) is -3.95. The van der Waals surface area contributed by atoms with Crippen LogP contribution in [0.2, 0.25) is 10.0 Å². The smallest absolute Gasteiger partial charge is 0.244 e. The van der Waals surface area contributed by atoms with E-state index in [9.17, 15) is 18.0 Å². The van der Waals surface area contributed by atoms with Crippen LogP contribution in [-0.4, -0.2) is 63.2 Å². The van der Waals surface area contributed by atoms with Gasteiger partial charge in [0.2, 0.25) is 21.8 Å². The zero-order chi connectivity index (χ0) is 31.3. The molecule has 1 saturated carbocycles. The molecule has 234 valence electrons. The number of hydrogen-bond donors (Lipinski definition) is 1. The molecule has 0 spiro atoms. The van der Waals surface area contributed by atoms with Crippen molar-refractivity contribution in [2.45, 2.75) is 50.7 Å². The number of fused-ring (bicyclic) bond motifs is 1. The average Bonchev–Trinajstić information content (AvgIpc) is 3.51. The van der Waals surface area contributed by atoms with Gasteiger partial charge in [0.15, 0.2) is 11.5 Å². The normalized spacial score (nSPS) is 15.4. The fourth-order valence-corrected chi connectivity index (χ4v) is 6.93. The molecule has 0 aromatic heterocycles. The summed E-state index contributed by atoms with van der Waals surface area (Å²) in [5.41, 5.74) is 1.53. The predicted molar refractivity (Wildman–Crippen MR) is 171 cm³/mol. The number of carbonyl (C=O) groups excluding carboxylic acids is 2. The Labute approximate surface area is 268 Å². The lowest BCUT2D eigenvalue weighted by atomic mass is 10.0. The summed E-state index contributed by atoms with van der Waals surface area (Å²) in [5, 5.41) is 3.80. The molecule has 0 unspecified atom stereocenters. The number of amides is 2. The average molecular weight is 661 g/mol. The predicted octanol–water partition coefficient (Wildman–Crippen LogP) is 5.23. The maximum absolute atomic E-state index is 14.4. The van der Waals surface area contributed by atoms with Crippen molar-refractivity contribution >= 4 is 50.7 Å². The molecule has 0 saturated heterocycles. The molecule has 2 aliphatic rings. The molecule has 1 aliphatic carbocycles.